The van der Waals surface area contributed by atoms with E-state index in [4.69, 9.17) is 59.2 Å². The van der Waals surface area contributed by atoms with Gasteiger partial charge in [0.1, 0.15) is 30.4 Å². The Balaban J connectivity index is -0.00000119. The molecule has 470 valence electrons. The second kappa shape index (κ2) is 40.4. The first-order valence-electron chi connectivity index (χ1n) is 25.6. The van der Waals surface area contributed by atoms with Crippen molar-refractivity contribution in [2.24, 2.45) is 46.3 Å². The lowest BCUT2D eigenvalue weighted by atomic mass is 9.69. The maximum Gasteiger partial charge on any atom is 0.508 e. The van der Waals surface area contributed by atoms with E-state index in [-0.39, 0.29) is 48.1 Å². The quantitative estimate of drug-likeness (QED) is 0.0180. The Labute approximate surface area is 540 Å². The number of esters is 1. The van der Waals surface area contributed by atoms with Crippen molar-refractivity contribution in [3.8, 4) is 0 Å². The second-order valence-electron chi connectivity index (χ2n) is 20.6. The minimum atomic E-state index is -4.30. The number of carbonyl (C=O) groups excluding carboxylic acids is 4. The van der Waals surface area contributed by atoms with Gasteiger partial charge in [-0.05, 0) is 120 Å². The van der Waals surface area contributed by atoms with Gasteiger partial charge < -0.3 is 29.5 Å². The molecule has 0 amide bonds. The Bertz CT molecular complexity index is 2310. The SMILES string of the molecule is C=CC[C@H](C)[C@H](O)[C@@H](C)C(=O)C(C)(C)[C@@H](C)CC(=O)O[C@@H](C/C=C(/C)C=C)/C(C)=C/c1csc(C)n1.C=CC[C@H](C)[C@H](OC(=O)OCC(Cl)(Cl)Cl)[C@@H](C)C(=O)C(C)(C)[C@@H](C)CC(=O)O.FC(F)(F)/C(I)=C/CI.OC/C=C(\I)C(F)(F)F. The molecular weight excluding hydrogens is 1510 g/mol. The fraction of sp³-hybridized carbons (Fsp3) is 0.614. The normalized spacial score (nSPS) is 16.2. The Hall–Kier alpha value is -2.08. The van der Waals surface area contributed by atoms with Crippen molar-refractivity contribution in [2.45, 2.75) is 157 Å². The number of aliphatic hydroxyl groups excluding tert-OH is 2. The van der Waals surface area contributed by atoms with Gasteiger partial charge >= 0.3 is 30.4 Å². The number of thiazole rings is 1. The standard InChI is InChI=1S/C30H45NO4S.C19H29Cl3O6.C4H3F3I2.C4H4F3IO/c1-11-13-20(4)28(33)23(7)29(34)30(9,10)22(6)17-27(32)35-26(15-14-19(3)12-2)21(5)16-25-18-36-24(8)31-25;1-7-8-11(2)15(28-17(26)27-10-19(20,21)22)13(4)16(25)18(5,6)12(3)9-14(23)24;5-4(6,7)3(9)1-2-8;5-4(6,7)3(8)1-2-9/h11-12,14,16,18,20,22-23,26,28,33H,1-2,13,15,17H2,3-10H3;7,11-13,15H,1,8-10H2,2-6H3,(H,23,24);1H,2H2;1,9H,2H2/b19-14-,21-16+;;2*3-1-/t20-,22-,23+,26-,28-;11-,12-,13+,15-;;/m00../s1. The van der Waals surface area contributed by atoms with E-state index >= 15 is 0 Å². The highest BCUT2D eigenvalue weighted by molar-refractivity contribution is 14.1. The number of alkyl halides is 10. The minimum absolute atomic E-state index is 0.0534. The van der Waals surface area contributed by atoms with E-state index in [1.165, 1.54) is 22.6 Å². The number of Topliss-reactive ketones (excluding diaryl/α,β-unsaturated/α-hetero) is 2. The number of carboxylic acid groups (broad SMARTS) is 1. The van der Waals surface area contributed by atoms with Gasteiger partial charge in [-0.2, -0.15) is 26.3 Å². The van der Waals surface area contributed by atoms with Crippen LogP contribution in [0.25, 0.3) is 6.08 Å². The lowest BCUT2D eigenvalue weighted by Gasteiger charge is -2.36. The average Bonchev–Trinajstić information content (AvgIpc) is 3.78. The summed E-state index contributed by atoms with van der Waals surface area (Å²) in [5.74, 6) is -3.83. The van der Waals surface area contributed by atoms with Crippen LogP contribution in [0, 0.1) is 53.3 Å². The summed E-state index contributed by atoms with van der Waals surface area (Å²) in [6.45, 7) is 33.8. The average molecular weight is 1590 g/mol. The molecule has 1 aromatic heterocycles. The number of hydrogen-bond donors (Lipinski definition) is 3. The van der Waals surface area contributed by atoms with Crippen LogP contribution < -0.4 is 0 Å². The van der Waals surface area contributed by atoms with E-state index in [0.29, 0.717) is 29.8 Å². The molecule has 82 heavy (non-hydrogen) atoms. The van der Waals surface area contributed by atoms with Crippen molar-refractivity contribution in [1.29, 1.82) is 0 Å². The third-order valence-electron chi connectivity index (χ3n) is 13.2. The summed E-state index contributed by atoms with van der Waals surface area (Å²) in [6.07, 6.45) is 1.05. The second-order valence-corrected chi connectivity index (χ2v) is 27.3. The smallest absolute Gasteiger partial charge is 0.481 e. The van der Waals surface area contributed by atoms with Gasteiger partial charge in [0, 0.05) is 45.8 Å². The van der Waals surface area contributed by atoms with Crippen LogP contribution in [-0.4, -0.2) is 102 Å². The van der Waals surface area contributed by atoms with E-state index in [1.807, 2.05) is 95.5 Å². The van der Waals surface area contributed by atoms with Crippen molar-refractivity contribution in [3.05, 3.63) is 90.6 Å². The van der Waals surface area contributed by atoms with Gasteiger partial charge in [-0.25, -0.2) is 9.78 Å². The Morgan fingerprint density at radius 1 is 0.756 bits per heavy atom. The van der Waals surface area contributed by atoms with Crippen LogP contribution in [0.5, 0.6) is 0 Å². The maximum atomic E-state index is 13.3. The first-order valence-corrected chi connectivity index (χ1v) is 31.3. The number of aliphatic carboxylic acids is 1. The van der Waals surface area contributed by atoms with E-state index < -0.39 is 95.5 Å². The fourth-order valence-corrected chi connectivity index (χ4v) is 9.77. The molecule has 0 aromatic carbocycles. The van der Waals surface area contributed by atoms with Crippen molar-refractivity contribution in [3.63, 3.8) is 0 Å². The molecule has 0 aliphatic heterocycles. The number of carbonyl (C=O) groups is 5. The predicted octanol–water partition coefficient (Wildman–Crippen LogP) is 17.7. The van der Waals surface area contributed by atoms with Gasteiger partial charge in [0.05, 0.1) is 36.5 Å². The highest BCUT2D eigenvalue weighted by Crippen LogP contribution is 2.38. The van der Waals surface area contributed by atoms with Gasteiger partial charge in [0.15, 0.2) is 0 Å². The number of allylic oxidation sites excluding steroid dienone is 7. The Morgan fingerprint density at radius 2 is 1.23 bits per heavy atom. The lowest BCUT2D eigenvalue weighted by Crippen LogP contribution is -2.44. The van der Waals surface area contributed by atoms with Crippen LogP contribution in [0.2, 0.25) is 0 Å². The molecule has 0 saturated carbocycles. The van der Waals surface area contributed by atoms with E-state index in [1.54, 1.807) is 64.2 Å². The lowest BCUT2D eigenvalue weighted by molar-refractivity contribution is -0.151. The molecule has 25 heteroatoms. The van der Waals surface area contributed by atoms with Crippen LogP contribution in [0.3, 0.4) is 0 Å². The topological polar surface area (TPSA) is 187 Å². The molecule has 3 N–H and O–H groups in total. The molecule has 12 nitrogen and oxygen atoms in total. The molecule has 1 aromatic rings. The van der Waals surface area contributed by atoms with Gasteiger partial charge in [0.25, 0.3) is 0 Å². The molecular formula is C57H81Cl3F6I3NO11S. The highest BCUT2D eigenvalue weighted by Gasteiger charge is 2.44. The molecule has 0 aliphatic rings. The van der Waals surface area contributed by atoms with Crippen LogP contribution in [0.1, 0.15) is 126 Å². The minimum Gasteiger partial charge on any atom is -0.481 e. The van der Waals surface area contributed by atoms with Crippen molar-refractivity contribution in [1.82, 2.24) is 4.98 Å². The summed E-state index contributed by atoms with van der Waals surface area (Å²) < 4.78 is 82.4. The molecule has 0 aliphatic carbocycles. The first-order chi connectivity index (χ1) is 37.3. The van der Waals surface area contributed by atoms with E-state index in [0.717, 1.165) is 50.5 Å². The number of nitrogens with zero attached hydrogens (tertiary/aromatic N) is 1. The number of hydrogen-bond acceptors (Lipinski definition) is 12. The predicted molar refractivity (Wildman–Crippen MR) is 343 cm³/mol. The largest absolute Gasteiger partial charge is 0.508 e. The Morgan fingerprint density at radius 3 is 1.62 bits per heavy atom. The summed E-state index contributed by atoms with van der Waals surface area (Å²) in [4.78, 5) is 67.0. The zero-order chi connectivity index (χ0) is 64.9. The molecule has 0 saturated heterocycles. The molecule has 1 rings (SSSR count). The summed E-state index contributed by atoms with van der Waals surface area (Å²) in [6, 6.07) is 0. The molecule has 1 heterocycles. The number of rotatable bonds is 28. The van der Waals surface area contributed by atoms with E-state index in [2.05, 4.69) is 24.7 Å². The fourth-order valence-electron chi connectivity index (χ4n) is 7.34. The van der Waals surface area contributed by atoms with Crippen LogP contribution >= 0.6 is 114 Å². The number of carboxylic acids is 1. The van der Waals surface area contributed by atoms with Crippen molar-refractivity contribution >= 4 is 150 Å². The molecule has 0 bridgehead atoms. The first kappa shape index (κ1) is 84.1. The number of aromatic nitrogens is 1. The number of aliphatic hydroxyl groups is 2. The summed E-state index contributed by atoms with van der Waals surface area (Å²) in [5, 5.41) is 30.7. The number of aryl methyl sites for hydroxylation is 1. The van der Waals surface area contributed by atoms with Gasteiger partial charge in [-0.1, -0.05) is 169 Å². The third-order valence-corrected chi connectivity index (χ3v) is 16.8. The molecule has 0 fully saturated rings. The monoisotopic (exact) mass is 1590 g/mol. The Kier molecular flexibility index (Phi) is 41.4. The zero-order valence-corrected chi connectivity index (χ0v) is 58.1. The highest BCUT2D eigenvalue weighted by atomic mass is 127. The summed E-state index contributed by atoms with van der Waals surface area (Å²) in [5.41, 5.74) is 1.02. The van der Waals surface area contributed by atoms with E-state index in [9.17, 15) is 55.4 Å². The van der Waals surface area contributed by atoms with Crippen molar-refractivity contribution < 1.29 is 79.8 Å². The van der Waals surface area contributed by atoms with Crippen LogP contribution in [0.15, 0.2) is 79.9 Å². The van der Waals surface area contributed by atoms with Gasteiger partial charge in [0.2, 0.25) is 3.79 Å². The molecule has 9 atom stereocenters. The zero-order valence-electron chi connectivity index (χ0n) is 48.6. The van der Waals surface area contributed by atoms with Crippen LogP contribution in [-0.2, 0) is 33.4 Å². The van der Waals surface area contributed by atoms with Crippen LogP contribution in [0.4, 0.5) is 31.1 Å². The third kappa shape index (κ3) is 34.3. The summed E-state index contributed by atoms with van der Waals surface area (Å²) in [7, 11) is 0. The summed E-state index contributed by atoms with van der Waals surface area (Å²) >= 11 is 22.5. The molecule has 0 radical (unpaired) electrons. The van der Waals surface area contributed by atoms with Crippen molar-refractivity contribution in [2.75, 3.05) is 17.6 Å². The number of halogens is 12. The van der Waals surface area contributed by atoms with Gasteiger partial charge in [-0.15, -0.1) is 24.5 Å². The molecule has 0 spiro atoms. The van der Waals surface area contributed by atoms with Gasteiger partial charge in [-0.3, -0.25) is 19.2 Å². The number of ether oxygens (including phenoxy) is 3. The number of ketones is 2. The maximum absolute atomic E-state index is 13.3. The molecule has 0 unspecified atom stereocenters.